The molecule has 2 rings (SSSR count). The molecule has 0 aliphatic carbocycles. The minimum atomic E-state index is -0.946. The molecule has 2 aromatic rings. The van der Waals surface area contributed by atoms with E-state index in [9.17, 15) is 4.79 Å². The molecule has 22 heavy (non-hydrogen) atoms. The van der Waals surface area contributed by atoms with Crippen molar-refractivity contribution in [3.05, 3.63) is 47.5 Å². The van der Waals surface area contributed by atoms with Crippen LogP contribution in [0, 0.1) is 6.92 Å². The number of aryl methyl sites for hydroxylation is 1. The fraction of sp³-hybridized carbons (Fsp3) is 0.333. The van der Waals surface area contributed by atoms with E-state index in [1.54, 1.807) is 18.6 Å². The van der Waals surface area contributed by atoms with E-state index >= 15 is 0 Å². The van der Waals surface area contributed by atoms with E-state index < -0.39 is 5.97 Å². The van der Waals surface area contributed by atoms with Crippen LogP contribution in [0.2, 0.25) is 0 Å². The zero-order chi connectivity index (χ0) is 15.9. The number of rotatable bonds is 7. The molecule has 2 N–H and O–H groups in total. The molecule has 0 atom stereocenters. The first kappa shape index (κ1) is 15.8. The highest BCUT2D eigenvalue weighted by Gasteiger charge is 2.06. The number of carboxylic acid groups (broad SMARTS) is 1. The zero-order valence-electron chi connectivity index (χ0n) is 12.7. The van der Waals surface area contributed by atoms with E-state index in [0.717, 1.165) is 17.8 Å². The van der Waals surface area contributed by atoms with Gasteiger partial charge in [-0.3, -0.25) is 14.7 Å². The van der Waals surface area contributed by atoms with Crippen LogP contribution >= 0.6 is 0 Å². The maximum atomic E-state index is 10.5. The SMILES string of the molecule is Cc1cccnc1CN(C)Cc1cnc(NCC(=O)O)nc1. The van der Waals surface area contributed by atoms with E-state index in [1.165, 1.54) is 5.56 Å². The number of carbonyl (C=O) groups is 1. The normalized spacial score (nSPS) is 10.7. The predicted molar refractivity (Wildman–Crippen MR) is 82.3 cm³/mol. The monoisotopic (exact) mass is 301 g/mol. The molecule has 0 amide bonds. The molecule has 0 saturated heterocycles. The van der Waals surface area contributed by atoms with Crippen molar-refractivity contribution in [3.63, 3.8) is 0 Å². The lowest BCUT2D eigenvalue weighted by atomic mass is 10.2. The van der Waals surface area contributed by atoms with E-state index in [0.29, 0.717) is 12.5 Å². The summed E-state index contributed by atoms with van der Waals surface area (Å²) in [6, 6.07) is 3.97. The molecular formula is C15H19N5O2. The number of nitrogens with one attached hydrogen (secondary N) is 1. The Morgan fingerprint density at radius 3 is 2.64 bits per heavy atom. The highest BCUT2D eigenvalue weighted by Crippen LogP contribution is 2.09. The van der Waals surface area contributed by atoms with Crippen LogP contribution in [0.3, 0.4) is 0 Å². The number of pyridine rings is 1. The molecule has 0 radical (unpaired) electrons. The number of hydrogen-bond acceptors (Lipinski definition) is 6. The molecule has 0 aliphatic heterocycles. The number of carboxylic acids is 1. The van der Waals surface area contributed by atoms with Gasteiger partial charge >= 0.3 is 5.97 Å². The van der Waals surface area contributed by atoms with Crippen molar-refractivity contribution < 1.29 is 9.90 Å². The summed E-state index contributed by atoms with van der Waals surface area (Å²) in [4.78, 5) is 25.2. The molecule has 0 bridgehead atoms. The van der Waals surface area contributed by atoms with Gasteiger partial charge < -0.3 is 10.4 Å². The third kappa shape index (κ3) is 4.78. The lowest BCUT2D eigenvalue weighted by Gasteiger charge is -2.17. The van der Waals surface area contributed by atoms with Gasteiger partial charge in [0.05, 0.1) is 5.69 Å². The second-order valence-electron chi connectivity index (χ2n) is 5.10. The molecule has 0 spiro atoms. The van der Waals surface area contributed by atoms with Crippen molar-refractivity contribution >= 4 is 11.9 Å². The zero-order valence-corrected chi connectivity index (χ0v) is 12.7. The van der Waals surface area contributed by atoms with Gasteiger partial charge in [0.25, 0.3) is 0 Å². The minimum Gasteiger partial charge on any atom is -0.480 e. The predicted octanol–water partition coefficient (Wildman–Crippen LogP) is 1.31. The Balaban J connectivity index is 1.90. The second-order valence-corrected chi connectivity index (χ2v) is 5.10. The van der Waals surface area contributed by atoms with Crippen LogP contribution in [-0.4, -0.2) is 44.5 Å². The van der Waals surface area contributed by atoms with E-state index in [4.69, 9.17) is 5.11 Å². The summed E-state index contributed by atoms with van der Waals surface area (Å²) in [5, 5.41) is 11.2. The van der Waals surface area contributed by atoms with Crippen molar-refractivity contribution in [1.29, 1.82) is 0 Å². The topological polar surface area (TPSA) is 91.2 Å². The molecule has 7 nitrogen and oxygen atoms in total. The van der Waals surface area contributed by atoms with Gasteiger partial charge in [0.2, 0.25) is 5.95 Å². The Morgan fingerprint density at radius 2 is 2.00 bits per heavy atom. The van der Waals surface area contributed by atoms with Gasteiger partial charge in [-0.15, -0.1) is 0 Å². The molecule has 2 heterocycles. The van der Waals surface area contributed by atoms with Crippen LogP contribution in [-0.2, 0) is 17.9 Å². The average molecular weight is 301 g/mol. The van der Waals surface area contributed by atoms with Crippen molar-refractivity contribution in [1.82, 2.24) is 19.9 Å². The average Bonchev–Trinajstić information content (AvgIpc) is 2.49. The van der Waals surface area contributed by atoms with Gasteiger partial charge in [0.15, 0.2) is 0 Å². The van der Waals surface area contributed by atoms with Gasteiger partial charge in [-0.2, -0.15) is 0 Å². The van der Waals surface area contributed by atoms with Gasteiger partial charge in [0, 0.05) is 37.2 Å². The summed E-state index contributed by atoms with van der Waals surface area (Å²) >= 11 is 0. The van der Waals surface area contributed by atoms with Crippen LogP contribution in [0.4, 0.5) is 5.95 Å². The molecule has 0 aromatic carbocycles. The smallest absolute Gasteiger partial charge is 0.322 e. The largest absolute Gasteiger partial charge is 0.480 e. The van der Waals surface area contributed by atoms with E-state index in [-0.39, 0.29) is 6.54 Å². The standard InChI is InChI=1S/C15H19N5O2/c1-11-4-3-5-16-13(11)10-20(2)9-12-6-17-15(18-7-12)19-8-14(21)22/h3-7H,8-10H2,1-2H3,(H,21,22)(H,17,18,19). The molecule has 0 fully saturated rings. The summed E-state index contributed by atoms with van der Waals surface area (Å²) in [6.07, 6.45) is 5.18. The minimum absolute atomic E-state index is 0.196. The number of anilines is 1. The maximum Gasteiger partial charge on any atom is 0.322 e. The third-order valence-corrected chi connectivity index (χ3v) is 3.09. The lowest BCUT2D eigenvalue weighted by molar-refractivity contribution is -0.134. The molecule has 0 saturated carbocycles. The molecular weight excluding hydrogens is 282 g/mol. The van der Waals surface area contributed by atoms with E-state index in [1.807, 2.05) is 26.1 Å². The van der Waals surface area contributed by atoms with Crippen molar-refractivity contribution in [3.8, 4) is 0 Å². The van der Waals surface area contributed by atoms with Gasteiger partial charge in [0.1, 0.15) is 6.54 Å². The summed E-state index contributed by atoms with van der Waals surface area (Å²) in [5.74, 6) is -0.632. The molecule has 2 aromatic heterocycles. The first-order valence-electron chi connectivity index (χ1n) is 6.90. The molecule has 7 heteroatoms. The van der Waals surface area contributed by atoms with E-state index in [2.05, 4.69) is 25.2 Å². The van der Waals surface area contributed by atoms with Crippen LogP contribution in [0.1, 0.15) is 16.8 Å². The van der Waals surface area contributed by atoms with Gasteiger partial charge in [-0.05, 0) is 25.6 Å². The Labute approximate surface area is 129 Å². The molecule has 0 aliphatic rings. The van der Waals surface area contributed by atoms with Gasteiger partial charge in [-0.25, -0.2) is 9.97 Å². The van der Waals surface area contributed by atoms with Crippen molar-refractivity contribution in [2.45, 2.75) is 20.0 Å². The third-order valence-electron chi connectivity index (χ3n) is 3.09. The maximum absolute atomic E-state index is 10.5. The second kappa shape index (κ2) is 7.46. The number of hydrogen-bond donors (Lipinski definition) is 2. The van der Waals surface area contributed by atoms with Gasteiger partial charge in [-0.1, -0.05) is 6.07 Å². The highest BCUT2D eigenvalue weighted by molar-refractivity contribution is 5.71. The number of nitrogens with zero attached hydrogens (tertiary/aromatic N) is 4. The highest BCUT2D eigenvalue weighted by atomic mass is 16.4. The summed E-state index contributed by atoms with van der Waals surface area (Å²) < 4.78 is 0. The molecule has 116 valence electrons. The summed E-state index contributed by atoms with van der Waals surface area (Å²) in [5.41, 5.74) is 3.17. The molecule has 0 unspecified atom stereocenters. The fourth-order valence-electron chi connectivity index (χ4n) is 1.99. The quantitative estimate of drug-likeness (QED) is 0.796. The van der Waals surface area contributed by atoms with Crippen molar-refractivity contribution in [2.24, 2.45) is 0 Å². The van der Waals surface area contributed by atoms with Crippen LogP contribution in [0.5, 0.6) is 0 Å². The van der Waals surface area contributed by atoms with Crippen molar-refractivity contribution in [2.75, 3.05) is 18.9 Å². The van der Waals surface area contributed by atoms with Crippen LogP contribution < -0.4 is 5.32 Å². The Hall–Kier alpha value is -2.54. The summed E-state index contributed by atoms with van der Waals surface area (Å²) in [7, 11) is 2.00. The Kier molecular flexibility index (Phi) is 5.37. The Morgan fingerprint density at radius 1 is 1.27 bits per heavy atom. The first-order chi connectivity index (χ1) is 10.5. The lowest BCUT2D eigenvalue weighted by Crippen LogP contribution is -2.19. The van der Waals surface area contributed by atoms with Crippen LogP contribution in [0.15, 0.2) is 30.7 Å². The number of aromatic nitrogens is 3. The van der Waals surface area contributed by atoms with Crippen LogP contribution in [0.25, 0.3) is 0 Å². The first-order valence-corrected chi connectivity index (χ1v) is 6.90. The Bertz CT molecular complexity index is 630. The fourth-order valence-corrected chi connectivity index (χ4v) is 1.99. The summed E-state index contributed by atoms with van der Waals surface area (Å²) in [6.45, 7) is 3.28. The number of aliphatic carboxylic acids is 1.